The summed E-state index contributed by atoms with van der Waals surface area (Å²) in [6, 6.07) is 0.474. The van der Waals surface area contributed by atoms with E-state index >= 15 is 0 Å². The number of likely N-dealkylation sites (N-methyl/N-ethyl adjacent to an activating group) is 1. The zero-order valence-electron chi connectivity index (χ0n) is 8.70. The number of nitrogens with zero attached hydrogens (tertiary/aromatic N) is 1. The quantitative estimate of drug-likeness (QED) is 0.930. The zero-order chi connectivity index (χ0) is 10.7. The Labute approximate surface area is 102 Å². The Bertz CT molecular complexity index is 318. The molecule has 2 rings (SSSR count). The zero-order valence-corrected chi connectivity index (χ0v) is 11.1. The van der Waals surface area contributed by atoms with Crippen molar-refractivity contribution in [2.75, 3.05) is 7.05 Å². The molecule has 1 aromatic rings. The smallest absolute Gasteiger partial charge is 0.274 e. The summed E-state index contributed by atoms with van der Waals surface area (Å²) in [4.78, 5) is 4.26. The third-order valence-electron chi connectivity index (χ3n) is 2.78. The van der Waals surface area contributed by atoms with E-state index in [1.54, 1.807) is 11.3 Å². The standard InChI is InChI=1S/C10H15BrN2OS/c1-12-7-4-2-3-5-8(7)14-10-13-9(11)6-15-10/h6-8,12H,2-5H2,1H3. The third-order valence-corrected chi connectivity index (χ3v) is 4.22. The minimum Gasteiger partial charge on any atom is -0.465 e. The molecule has 2 atom stereocenters. The second-order valence-electron chi connectivity index (χ2n) is 3.77. The van der Waals surface area contributed by atoms with Crippen LogP contribution >= 0.6 is 27.3 Å². The fraction of sp³-hybridized carbons (Fsp3) is 0.700. The number of nitrogens with one attached hydrogen (secondary N) is 1. The van der Waals surface area contributed by atoms with Gasteiger partial charge >= 0.3 is 0 Å². The molecule has 1 fully saturated rings. The van der Waals surface area contributed by atoms with Crippen LogP contribution < -0.4 is 10.1 Å². The second-order valence-corrected chi connectivity index (χ2v) is 5.41. The van der Waals surface area contributed by atoms with E-state index in [1.165, 1.54) is 19.3 Å². The molecular formula is C10H15BrN2OS. The summed E-state index contributed by atoms with van der Waals surface area (Å²) < 4.78 is 6.76. The van der Waals surface area contributed by atoms with Crippen molar-refractivity contribution in [2.24, 2.45) is 0 Å². The molecule has 15 heavy (non-hydrogen) atoms. The molecule has 1 aliphatic carbocycles. The molecule has 5 heteroatoms. The highest BCUT2D eigenvalue weighted by atomic mass is 79.9. The van der Waals surface area contributed by atoms with Crippen molar-refractivity contribution in [1.82, 2.24) is 10.3 Å². The van der Waals surface area contributed by atoms with Crippen molar-refractivity contribution in [1.29, 1.82) is 0 Å². The Morgan fingerprint density at radius 2 is 2.33 bits per heavy atom. The first-order valence-electron chi connectivity index (χ1n) is 5.24. The van der Waals surface area contributed by atoms with Crippen molar-refractivity contribution in [2.45, 2.75) is 37.8 Å². The highest BCUT2D eigenvalue weighted by molar-refractivity contribution is 9.10. The number of hydrogen-bond donors (Lipinski definition) is 1. The van der Waals surface area contributed by atoms with Gasteiger partial charge in [0.25, 0.3) is 5.19 Å². The summed E-state index contributed by atoms with van der Waals surface area (Å²) >= 11 is 4.88. The molecule has 84 valence electrons. The van der Waals surface area contributed by atoms with Gasteiger partial charge in [0.1, 0.15) is 10.7 Å². The Morgan fingerprint density at radius 1 is 1.53 bits per heavy atom. The van der Waals surface area contributed by atoms with E-state index in [1.807, 2.05) is 12.4 Å². The average Bonchev–Trinajstić information content (AvgIpc) is 2.65. The van der Waals surface area contributed by atoms with Crippen LogP contribution in [0.5, 0.6) is 5.19 Å². The van der Waals surface area contributed by atoms with Crippen LogP contribution in [0, 0.1) is 0 Å². The SMILES string of the molecule is CNC1CCCCC1Oc1nc(Br)cs1. The Hall–Kier alpha value is -0.130. The molecule has 0 aliphatic heterocycles. The Kier molecular flexibility index (Phi) is 3.99. The molecule has 1 heterocycles. The van der Waals surface area contributed by atoms with Gasteiger partial charge in [-0.1, -0.05) is 17.8 Å². The minimum atomic E-state index is 0.279. The van der Waals surface area contributed by atoms with E-state index in [9.17, 15) is 0 Å². The van der Waals surface area contributed by atoms with Crippen LogP contribution in [0.1, 0.15) is 25.7 Å². The fourth-order valence-electron chi connectivity index (χ4n) is 1.99. The van der Waals surface area contributed by atoms with Crippen LogP contribution in [-0.4, -0.2) is 24.2 Å². The van der Waals surface area contributed by atoms with E-state index in [-0.39, 0.29) is 6.10 Å². The first kappa shape index (κ1) is 11.4. The van der Waals surface area contributed by atoms with Crippen LogP contribution in [0.2, 0.25) is 0 Å². The van der Waals surface area contributed by atoms with Crippen molar-refractivity contribution in [3.05, 3.63) is 9.98 Å². The summed E-state index contributed by atoms with van der Waals surface area (Å²) in [6.45, 7) is 0. The lowest BCUT2D eigenvalue weighted by Crippen LogP contribution is -2.43. The number of aromatic nitrogens is 1. The summed E-state index contributed by atoms with van der Waals surface area (Å²) in [5.41, 5.74) is 0. The first-order chi connectivity index (χ1) is 7.29. The molecule has 0 amide bonds. The molecule has 2 unspecified atom stereocenters. The van der Waals surface area contributed by atoms with E-state index in [0.29, 0.717) is 6.04 Å². The van der Waals surface area contributed by atoms with Crippen molar-refractivity contribution in [3.8, 4) is 5.19 Å². The lowest BCUT2D eigenvalue weighted by Gasteiger charge is -2.30. The van der Waals surface area contributed by atoms with Crippen molar-refractivity contribution in [3.63, 3.8) is 0 Å². The van der Waals surface area contributed by atoms with Crippen molar-refractivity contribution >= 4 is 27.3 Å². The molecule has 1 aliphatic rings. The number of hydrogen-bond acceptors (Lipinski definition) is 4. The largest absolute Gasteiger partial charge is 0.465 e. The Morgan fingerprint density at radius 3 is 3.00 bits per heavy atom. The van der Waals surface area contributed by atoms with E-state index in [0.717, 1.165) is 16.2 Å². The molecule has 1 saturated carbocycles. The maximum atomic E-state index is 5.89. The monoisotopic (exact) mass is 290 g/mol. The van der Waals surface area contributed by atoms with Crippen LogP contribution in [-0.2, 0) is 0 Å². The van der Waals surface area contributed by atoms with Gasteiger partial charge in [0.05, 0.1) is 0 Å². The minimum absolute atomic E-state index is 0.279. The fourth-order valence-corrected chi connectivity index (χ4v) is 3.13. The van der Waals surface area contributed by atoms with Gasteiger partial charge < -0.3 is 10.1 Å². The lowest BCUT2D eigenvalue weighted by atomic mass is 9.93. The maximum Gasteiger partial charge on any atom is 0.274 e. The molecule has 1 aromatic heterocycles. The molecule has 0 aromatic carbocycles. The number of thiazole rings is 1. The first-order valence-corrected chi connectivity index (χ1v) is 6.92. The van der Waals surface area contributed by atoms with Gasteiger partial charge in [-0.05, 0) is 42.2 Å². The van der Waals surface area contributed by atoms with Crippen LogP contribution in [0.3, 0.4) is 0 Å². The number of ether oxygens (including phenoxy) is 1. The van der Waals surface area contributed by atoms with E-state index in [2.05, 4.69) is 26.2 Å². The normalized spacial score (nSPS) is 26.5. The summed E-state index contributed by atoms with van der Waals surface area (Å²) in [5, 5.41) is 6.04. The van der Waals surface area contributed by atoms with Crippen LogP contribution in [0.15, 0.2) is 9.98 Å². The van der Waals surface area contributed by atoms with Gasteiger partial charge in [-0.15, -0.1) is 0 Å². The molecule has 0 radical (unpaired) electrons. The predicted octanol–water partition coefficient (Wildman–Crippen LogP) is 2.82. The van der Waals surface area contributed by atoms with Crippen LogP contribution in [0.4, 0.5) is 0 Å². The maximum absolute atomic E-state index is 5.89. The average molecular weight is 291 g/mol. The third kappa shape index (κ3) is 2.92. The number of rotatable bonds is 3. The molecule has 0 bridgehead atoms. The topological polar surface area (TPSA) is 34.1 Å². The molecule has 1 N–H and O–H groups in total. The highest BCUT2D eigenvalue weighted by Crippen LogP contribution is 2.27. The van der Waals surface area contributed by atoms with Crippen LogP contribution in [0.25, 0.3) is 0 Å². The van der Waals surface area contributed by atoms with E-state index < -0.39 is 0 Å². The second kappa shape index (κ2) is 5.27. The summed E-state index contributed by atoms with van der Waals surface area (Å²) in [5.74, 6) is 0. The predicted molar refractivity (Wildman–Crippen MR) is 65.5 cm³/mol. The van der Waals surface area contributed by atoms with Gasteiger partial charge in [0.15, 0.2) is 0 Å². The van der Waals surface area contributed by atoms with Gasteiger partial charge in [-0.3, -0.25) is 0 Å². The van der Waals surface area contributed by atoms with Gasteiger partial charge in [0.2, 0.25) is 0 Å². The van der Waals surface area contributed by atoms with Gasteiger partial charge in [-0.25, -0.2) is 0 Å². The molecular weight excluding hydrogens is 276 g/mol. The summed E-state index contributed by atoms with van der Waals surface area (Å²) in [6.07, 6.45) is 5.17. The van der Waals surface area contributed by atoms with Gasteiger partial charge in [0, 0.05) is 11.4 Å². The van der Waals surface area contributed by atoms with E-state index in [4.69, 9.17) is 4.74 Å². The lowest BCUT2D eigenvalue weighted by molar-refractivity contribution is 0.117. The number of halogens is 1. The van der Waals surface area contributed by atoms with Gasteiger partial charge in [-0.2, -0.15) is 4.98 Å². The molecule has 0 spiro atoms. The summed E-state index contributed by atoms with van der Waals surface area (Å²) in [7, 11) is 2.00. The Balaban J connectivity index is 1.97. The van der Waals surface area contributed by atoms with Crippen molar-refractivity contribution < 1.29 is 4.74 Å². The highest BCUT2D eigenvalue weighted by Gasteiger charge is 2.26. The molecule has 0 saturated heterocycles. The molecule has 3 nitrogen and oxygen atoms in total.